The lowest BCUT2D eigenvalue weighted by Crippen LogP contribution is -2.50. The highest BCUT2D eigenvalue weighted by Gasteiger charge is 2.30. The van der Waals surface area contributed by atoms with Gasteiger partial charge in [0.1, 0.15) is 11.8 Å². The largest absolute Gasteiger partial charge is 0.482 e. The minimum Gasteiger partial charge on any atom is -0.482 e. The van der Waals surface area contributed by atoms with Crippen molar-refractivity contribution in [2.75, 3.05) is 13.2 Å². The number of amides is 2. The van der Waals surface area contributed by atoms with E-state index in [0.29, 0.717) is 39.3 Å². The average molecular weight is 520 g/mol. The van der Waals surface area contributed by atoms with Gasteiger partial charge in [-0.05, 0) is 42.7 Å². The van der Waals surface area contributed by atoms with E-state index in [1.54, 1.807) is 30.3 Å². The van der Waals surface area contributed by atoms with Crippen LogP contribution < -0.4 is 10.1 Å². The van der Waals surface area contributed by atoms with Crippen molar-refractivity contribution in [3.05, 3.63) is 62.1 Å². The van der Waals surface area contributed by atoms with Gasteiger partial charge in [-0.25, -0.2) is 0 Å². The van der Waals surface area contributed by atoms with Gasteiger partial charge in [-0.1, -0.05) is 73.2 Å². The second-order valence-electron chi connectivity index (χ2n) is 7.65. The van der Waals surface area contributed by atoms with Crippen molar-refractivity contribution in [3.63, 3.8) is 0 Å². The van der Waals surface area contributed by atoms with Crippen molar-refractivity contribution in [1.29, 1.82) is 0 Å². The number of benzene rings is 2. The minimum atomic E-state index is -0.724. The molecule has 0 saturated carbocycles. The summed E-state index contributed by atoms with van der Waals surface area (Å²) in [5.41, 5.74) is 0.559. The van der Waals surface area contributed by atoms with E-state index in [0.717, 1.165) is 0 Å². The molecule has 0 aromatic heterocycles. The van der Waals surface area contributed by atoms with Gasteiger partial charge in [0.25, 0.3) is 5.91 Å². The van der Waals surface area contributed by atoms with Gasteiger partial charge in [-0.15, -0.1) is 0 Å². The van der Waals surface area contributed by atoms with Crippen LogP contribution in [0.25, 0.3) is 0 Å². The maximum absolute atomic E-state index is 13.2. The molecule has 0 fully saturated rings. The molecule has 0 aliphatic carbocycles. The van der Waals surface area contributed by atoms with E-state index in [-0.39, 0.29) is 30.0 Å². The molecule has 1 atom stereocenters. The molecule has 0 saturated heterocycles. The predicted octanol–water partition coefficient (Wildman–Crippen LogP) is 6.26. The van der Waals surface area contributed by atoms with Gasteiger partial charge >= 0.3 is 0 Å². The summed E-state index contributed by atoms with van der Waals surface area (Å²) in [5.74, 6) is -0.0627. The fourth-order valence-electron chi connectivity index (χ4n) is 3.01. The molecule has 1 unspecified atom stereocenters. The van der Waals surface area contributed by atoms with Crippen molar-refractivity contribution in [3.8, 4) is 5.75 Å². The Morgan fingerprint density at radius 1 is 1.03 bits per heavy atom. The summed E-state index contributed by atoms with van der Waals surface area (Å²) >= 11 is 24.7. The first-order chi connectivity index (χ1) is 15.1. The summed E-state index contributed by atoms with van der Waals surface area (Å²) in [6.45, 7) is 6.07. The zero-order valence-electron chi connectivity index (χ0n) is 18.1. The number of hydrogen-bond donors (Lipinski definition) is 1. The highest BCUT2D eigenvalue weighted by molar-refractivity contribution is 6.36. The highest BCUT2D eigenvalue weighted by Crippen LogP contribution is 2.29. The van der Waals surface area contributed by atoms with Crippen molar-refractivity contribution < 1.29 is 14.3 Å². The Labute approximate surface area is 208 Å². The third kappa shape index (κ3) is 7.45. The fourth-order valence-corrected chi connectivity index (χ4v) is 3.99. The minimum absolute atomic E-state index is 0.0582. The van der Waals surface area contributed by atoms with Crippen molar-refractivity contribution in [1.82, 2.24) is 10.2 Å². The Morgan fingerprint density at radius 3 is 2.25 bits per heavy atom. The Morgan fingerprint density at radius 2 is 1.69 bits per heavy atom. The first-order valence-corrected chi connectivity index (χ1v) is 11.7. The molecule has 174 valence electrons. The van der Waals surface area contributed by atoms with Gasteiger partial charge < -0.3 is 15.0 Å². The van der Waals surface area contributed by atoms with Crippen molar-refractivity contribution >= 4 is 58.2 Å². The Bertz CT molecular complexity index is 933. The lowest BCUT2D eigenvalue weighted by atomic mass is 10.1. The van der Waals surface area contributed by atoms with Crippen LogP contribution in [0, 0.1) is 5.92 Å². The molecule has 2 rings (SSSR count). The summed E-state index contributed by atoms with van der Waals surface area (Å²) < 4.78 is 5.63. The monoisotopic (exact) mass is 518 g/mol. The first-order valence-electron chi connectivity index (χ1n) is 10.2. The Hall–Kier alpha value is -1.66. The number of hydrogen-bond acceptors (Lipinski definition) is 3. The van der Waals surface area contributed by atoms with Crippen LogP contribution >= 0.6 is 46.4 Å². The third-order valence-corrected chi connectivity index (χ3v) is 5.94. The molecule has 0 heterocycles. The van der Waals surface area contributed by atoms with Crippen LogP contribution in [0.2, 0.25) is 20.1 Å². The third-order valence-electron chi connectivity index (χ3n) is 4.71. The molecular weight excluding hydrogens is 494 g/mol. The van der Waals surface area contributed by atoms with Crippen molar-refractivity contribution in [2.45, 2.75) is 39.8 Å². The number of halogens is 4. The second kappa shape index (κ2) is 12.5. The number of carbonyl (C=O) groups is 2. The quantitative estimate of drug-likeness (QED) is 0.403. The zero-order chi connectivity index (χ0) is 23.8. The van der Waals surface area contributed by atoms with Crippen LogP contribution in [0.4, 0.5) is 0 Å². The lowest BCUT2D eigenvalue weighted by Gasteiger charge is -2.31. The molecule has 9 heteroatoms. The summed E-state index contributed by atoms with van der Waals surface area (Å²) in [7, 11) is 0. The van der Waals surface area contributed by atoms with E-state index in [1.165, 1.54) is 11.0 Å². The van der Waals surface area contributed by atoms with Crippen LogP contribution in [-0.2, 0) is 16.1 Å². The molecule has 0 spiro atoms. The number of rotatable bonds is 10. The van der Waals surface area contributed by atoms with E-state index in [9.17, 15) is 9.59 Å². The average Bonchev–Trinajstić information content (AvgIpc) is 2.73. The van der Waals surface area contributed by atoms with Crippen LogP contribution in [0.15, 0.2) is 36.4 Å². The molecule has 0 aliphatic heterocycles. The summed E-state index contributed by atoms with van der Waals surface area (Å²) in [6.07, 6.45) is 0.402. The van der Waals surface area contributed by atoms with Gasteiger partial charge in [0, 0.05) is 33.7 Å². The Balaban J connectivity index is 2.28. The number of nitrogens with zero attached hydrogens (tertiary/aromatic N) is 1. The zero-order valence-corrected chi connectivity index (χ0v) is 21.2. The molecular formula is C23H26Cl4N2O3. The number of ether oxygens (including phenoxy) is 1. The molecule has 2 aromatic carbocycles. The summed E-state index contributed by atoms with van der Waals surface area (Å²) in [5, 5.41) is 4.46. The standard InChI is InChI=1S/C23H26Cl4N2O3/c1-4-20(23(31)28-11-14(2)3)29(12-16-17(25)6-5-7-18(16)26)22(30)13-32-21-9-8-15(24)10-19(21)27/h5-10,14,20H,4,11-13H2,1-3H3,(H,28,31). The summed E-state index contributed by atoms with van der Waals surface area (Å²) in [4.78, 5) is 27.6. The van der Waals surface area contributed by atoms with Gasteiger partial charge in [-0.3, -0.25) is 9.59 Å². The summed E-state index contributed by atoms with van der Waals surface area (Å²) in [6, 6.07) is 9.10. The molecule has 0 aliphatic rings. The first kappa shape index (κ1) is 26.6. The van der Waals surface area contributed by atoms with Gasteiger partial charge in [-0.2, -0.15) is 0 Å². The molecule has 2 aromatic rings. The van der Waals surface area contributed by atoms with Crippen LogP contribution in [0.1, 0.15) is 32.8 Å². The highest BCUT2D eigenvalue weighted by atomic mass is 35.5. The van der Waals surface area contributed by atoms with E-state index < -0.39 is 11.9 Å². The second-order valence-corrected chi connectivity index (χ2v) is 9.31. The molecule has 0 bridgehead atoms. The smallest absolute Gasteiger partial charge is 0.261 e. The maximum Gasteiger partial charge on any atom is 0.261 e. The van der Waals surface area contributed by atoms with Crippen LogP contribution in [0.3, 0.4) is 0 Å². The fraction of sp³-hybridized carbons (Fsp3) is 0.391. The van der Waals surface area contributed by atoms with Gasteiger partial charge in [0.2, 0.25) is 5.91 Å². The molecule has 1 N–H and O–H groups in total. The van der Waals surface area contributed by atoms with Crippen molar-refractivity contribution in [2.24, 2.45) is 5.92 Å². The van der Waals surface area contributed by atoms with E-state index >= 15 is 0 Å². The van der Waals surface area contributed by atoms with Gasteiger partial charge in [0.05, 0.1) is 5.02 Å². The van der Waals surface area contributed by atoms with Gasteiger partial charge in [0.15, 0.2) is 6.61 Å². The topological polar surface area (TPSA) is 58.6 Å². The normalized spacial score (nSPS) is 11.9. The van der Waals surface area contributed by atoms with E-state index in [2.05, 4.69) is 5.32 Å². The predicted molar refractivity (Wildman–Crippen MR) is 131 cm³/mol. The van der Waals surface area contributed by atoms with E-state index in [4.69, 9.17) is 51.1 Å². The number of nitrogens with one attached hydrogen (secondary N) is 1. The SMILES string of the molecule is CCC(C(=O)NCC(C)C)N(Cc1c(Cl)cccc1Cl)C(=O)COc1ccc(Cl)cc1Cl. The van der Waals surface area contributed by atoms with Crippen LogP contribution in [0.5, 0.6) is 5.75 Å². The van der Waals surface area contributed by atoms with Crippen LogP contribution in [-0.4, -0.2) is 35.9 Å². The number of carbonyl (C=O) groups excluding carboxylic acids is 2. The maximum atomic E-state index is 13.2. The molecule has 32 heavy (non-hydrogen) atoms. The Kier molecular flexibility index (Phi) is 10.4. The molecule has 0 radical (unpaired) electrons. The lowest BCUT2D eigenvalue weighted by molar-refractivity contribution is -0.143. The molecule has 2 amide bonds. The molecule has 5 nitrogen and oxygen atoms in total. The van der Waals surface area contributed by atoms with E-state index in [1.807, 2.05) is 20.8 Å².